The second-order valence-corrected chi connectivity index (χ2v) is 8.41. The van der Waals surface area contributed by atoms with Crippen LogP contribution in [-0.4, -0.2) is 12.5 Å². The number of carbonyl (C=O) groups is 1. The number of hydrogen-bond donors (Lipinski definition) is 0. The summed E-state index contributed by atoms with van der Waals surface area (Å²) in [5, 5.41) is 0. The Kier molecular flexibility index (Phi) is 4.55. The van der Waals surface area contributed by atoms with Crippen LogP contribution in [0.2, 0.25) is 0 Å². The van der Waals surface area contributed by atoms with Gasteiger partial charge in [0.05, 0.1) is 6.67 Å². The summed E-state index contributed by atoms with van der Waals surface area (Å²) in [6.45, 7) is 9.90. The van der Waals surface area contributed by atoms with E-state index in [2.05, 4.69) is 26.5 Å². The number of allylic oxidation sites excluding steroid dienone is 3. The second kappa shape index (κ2) is 6.18. The molecule has 3 aliphatic rings. The van der Waals surface area contributed by atoms with Crippen molar-refractivity contribution in [1.82, 2.24) is 0 Å². The maximum Gasteiger partial charge on any atom is 0.135 e. The maximum atomic E-state index is 14.0. The predicted molar refractivity (Wildman–Crippen MR) is 92.8 cm³/mol. The third kappa shape index (κ3) is 2.62. The fraction of sp³-hybridized carbons (Fsp3) is 0.762. The van der Waals surface area contributed by atoms with Crippen LogP contribution in [0.3, 0.4) is 0 Å². The number of carbonyl (C=O) groups excluding carboxylic acids is 1. The van der Waals surface area contributed by atoms with Crippen molar-refractivity contribution >= 4 is 5.78 Å². The van der Waals surface area contributed by atoms with Gasteiger partial charge in [-0.2, -0.15) is 0 Å². The molecule has 0 heterocycles. The van der Waals surface area contributed by atoms with E-state index in [1.165, 1.54) is 11.1 Å². The summed E-state index contributed by atoms with van der Waals surface area (Å²) in [5.74, 6) is 2.21. The summed E-state index contributed by atoms with van der Waals surface area (Å²) in [7, 11) is 0. The molecule has 23 heavy (non-hydrogen) atoms. The van der Waals surface area contributed by atoms with Gasteiger partial charge >= 0.3 is 0 Å². The highest BCUT2D eigenvalue weighted by Gasteiger charge is 2.55. The van der Waals surface area contributed by atoms with E-state index in [9.17, 15) is 9.18 Å². The Hall–Kier alpha value is -0.920. The molecule has 0 aromatic carbocycles. The average Bonchev–Trinajstić information content (AvgIpc) is 2.53. The molecule has 0 aromatic rings. The van der Waals surface area contributed by atoms with E-state index in [1.54, 1.807) is 6.92 Å². The lowest BCUT2D eigenvalue weighted by Crippen LogP contribution is -2.53. The molecule has 128 valence electrons. The molecule has 6 atom stereocenters. The Morgan fingerprint density at radius 3 is 2.74 bits per heavy atom. The van der Waals surface area contributed by atoms with Crippen molar-refractivity contribution in [2.75, 3.05) is 6.67 Å². The fourth-order valence-electron chi connectivity index (χ4n) is 6.26. The zero-order chi connectivity index (χ0) is 16.8. The van der Waals surface area contributed by atoms with Crippen LogP contribution < -0.4 is 0 Å². The van der Waals surface area contributed by atoms with E-state index >= 15 is 0 Å². The number of halogens is 1. The molecule has 3 aliphatic carbocycles. The maximum absolute atomic E-state index is 14.0. The van der Waals surface area contributed by atoms with Gasteiger partial charge in [-0.05, 0) is 68.6 Å². The van der Waals surface area contributed by atoms with Gasteiger partial charge in [0.2, 0.25) is 0 Å². The molecular formula is C21H31FO. The number of Topliss-reactive ketones (excluding diaryl/α,β-unsaturated/α-hetero) is 1. The zero-order valence-electron chi connectivity index (χ0n) is 14.9. The third-order valence-electron chi connectivity index (χ3n) is 7.38. The minimum Gasteiger partial charge on any atom is -0.299 e. The molecule has 0 bridgehead atoms. The van der Waals surface area contributed by atoms with Crippen LogP contribution >= 0.6 is 0 Å². The van der Waals surface area contributed by atoms with Crippen LogP contribution in [-0.2, 0) is 4.79 Å². The molecule has 2 heteroatoms. The van der Waals surface area contributed by atoms with Crippen molar-refractivity contribution in [3.8, 4) is 0 Å². The number of hydrogen-bond acceptors (Lipinski definition) is 1. The highest BCUT2D eigenvalue weighted by molar-refractivity contribution is 5.82. The first-order chi connectivity index (χ1) is 10.9. The van der Waals surface area contributed by atoms with Crippen LogP contribution in [0.1, 0.15) is 59.3 Å². The van der Waals surface area contributed by atoms with Gasteiger partial charge in [0, 0.05) is 5.41 Å². The van der Waals surface area contributed by atoms with E-state index in [4.69, 9.17) is 0 Å². The highest BCUT2D eigenvalue weighted by atomic mass is 19.1. The van der Waals surface area contributed by atoms with Crippen LogP contribution in [0.25, 0.3) is 0 Å². The zero-order valence-corrected chi connectivity index (χ0v) is 14.9. The molecule has 2 saturated carbocycles. The van der Waals surface area contributed by atoms with Gasteiger partial charge in [-0.1, -0.05) is 44.1 Å². The minimum absolute atomic E-state index is 0.0526. The van der Waals surface area contributed by atoms with Crippen molar-refractivity contribution in [1.29, 1.82) is 0 Å². The van der Waals surface area contributed by atoms with Gasteiger partial charge in [0.15, 0.2) is 0 Å². The Morgan fingerprint density at radius 2 is 2.13 bits per heavy atom. The smallest absolute Gasteiger partial charge is 0.135 e. The first-order valence-corrected chi connectivity index (χ1v) is 9.37. The number of ketones is 1. The molecule has 0 aliphatic heterocycles. The fourth-order valence-corrected chi connectivity index (χ4v) is 6.26. The molecule has 1 nitrogen and oxygen atoms in total. The number of rotatable bonds is 3. The van der Waals surface area contributed by atoms with Crippen molar-refractivity contribution in [3.05, 3.63) is 23.8 Å². The van der Waals surface area contributed by atoms with E-state index < -0.39 is 0 Å². The Bertz CT molecular complexity index is 534. The largest absolute Gasteiger partial charge is 0.299 e. The summed E-state index contributed by atoms with van der Waals surface area (Å²) in [6, 6.07) is 0. The highest BCUT2D eigenvalue weighted by Crippen LogP contribution is 2.60. The normalized spacial score (nSPS) is 43.4. The molecule has 0 aromatic heterocycles. The van der Waals surface area contributed by atoms with Gasteiger partial charge in [-0.3, -0.25) is 9.18 Å². The summed E-state index contributed by atoms with van der Waals surface area (Å²) >= 11 is 0. The van der Waals surface area contributed by atoms with Crippen LogP contribution in [0.15, 0.2) is 23.8 Å². The topological polar surface area (TPSA) is 17.1 Å². The van der Waals surface area contributed by atoms with Crippen LogP contribution in [0.4, 0.5) is 4.39 Å². The quantitative estimate of drug-likeness (QED) is 0.670. The predicted octanol–water partition coefficient (Wildman–Crippen LogP) is 5.52. The lowest BCUT2D eigenvalue weighted by atomic mass is 9.47. The van der Waals surface area contributed by atoms with Crippen LogP contribution in [0, 0.1) is 35.0 Å². The molecule has 3 rings (SSSR count). The standard InChI is InChI=1S/C21H31FO/c1-5-19-18-9-7-15-10-13(2)6-8-17(15)20(18)16(12-22)11-21(19,4)14(3)23/h10,16-20H,2,5-9,11-12H2,1,3-4H3/t16?,17?,18?,19?,20?,21-/m1/s1. The minimum atomic E-state index is -0.327. The molecule has 0 spiro atoms. The van der Waals surface area contributed by atoms with E-state index in [0.29, 0.717) is 23.7 Å². The first-order valence-electron chi connectivity index (χ1n) is 9.37. The third-order valence-corrected chi connectivity index (χ3v) is 7.38. The van der Waals surface area contributed by atoms with Gasteiger partial charge in [-0.25, -0.2) is 0 Å². The summed E-state index contributed by atoms with van der Waals surface area (Å²) in [5.41, 5.74) is 2.43. The average molecular weight is 318 g/mol. The number of fused-ring (bicyclic) bond motifs is 3. The van der Waals surface area contributed by atoms with Crippen molar-refractivity contribution in [2.24, 2.45) is 35.0 Å². The van der Waals surface area contributed by atoms with Gasteiger partial charge in [-0.15, -0.1) is 0 Å². The summed E-state index contributed by atoms with van der Waals surface area (Å²) in [4.78, 5) is 12.4. The first kappa shape index (κ1) is 16.9. The SMILES string of the molecule is C=C1C=C2CCC3C(C(CF)C[C@](C)(C(C)=O)C3CC)C2CC1. The Balaban J connectivity index is 1.99. The molecule has 0 amide bonds. The van der Waals surface area contributed by atoms with Crippen molar-refractivity contribution in [2.45, 2.75) is 59.3 Å². The summed E-state index contributed by atoms with van der Waals surface area (Å²) < 4.78 is 14.0. The molecule has 0 N–H and O–H groups in total. The molecular weight excluding hydrogens is 287 g/mol. The lowest BCUT2D eigenvalue weighted by molar-refractivity contribution is -0.141. The monoisotopic (exact) mass is 318 g/mol. The summed E-state index contributed by atoms with van der Waals surface area (Å²) in [6.07, 6.45) is 8.50. The van der Waals surface area contributed by atoms with Gasteiger partial charge in [0.1, 0.15) is 5.78 Å². The Labute approximate surface area is 140 Å². The second-order valence-electron chi connectivity index (χ2n) is 8.41. The molecule has 0 radical (unpaired) electrons. The molecule has 2 fully saturated rings. The van der Waals surface area contributed by atoms with Gasteiger partial charge in [0.25, 0.3) is 0 Å². The van der Waals surface area contributed by atoms with E-state index in [-0.39, 0.29) is 23.8 Å². The van der Waals surface area contributed by atoms with Gasteiger partial charge < -0.3 is 0 Å². The Morgan fingerprint density at radius 1 is 1.39 bits per heavy atom. The van der Waals surface area contributed by atoms with Crippen molar-refractivity contribution in [3.63, 3.8) is 0 Å². The molecule has 0 saturated heterocycles. The lowest BCUT2D eigenvalue weighted by Gasteiger charge is -2.57. The van der Waals surface area contributed by atoms with E-state index in [0.717, 1.165) is 38.5 Å². The van der Waals surface area contributed by atoms with Crippen LogP contribution in [0.5, 0.6) is 0 Å². The number of alkyl halides is 1. The van der Waals surface area contributed by atoms with Crippen molar-refractivity contribution < 1.29 is 9.18 Å². The molecule has 5 unspecified atom stereocenters. The van der Waals surface area contributed by atoms with E-state index in [1.807, 2.05) is 0 Å².